The first-order valence-electron chi connectivity index (χ1n) is 7.60. The number of carbonyl (C=O) groups is 2. The first kappa shape index (κ1) is 16.8. The summed E-state index contributed by atoms with van der Waals surface area (Å²) in [5.74, 6) is 0.626. The van der Waals surface area contributed by atoms with Crippen molar-refractivity contribution in [2.24, 2.45) is 0 Å². The molecule has 2 aromatic rings. The van der Waals surface area contributed by atoms with E-state index < -0.39 is 0 Å². The summed E-state index contributed by atoms with van der Waals surface area (Å²) in [6.45, 7) is 6.66. The monoisotopic (exact) mass is 315 g/mol. The third kappa shape index (κ3) is 3.44. The van der Waals surface area contributed by atoms with Gasteiger partial charge in [0.2, 0.25) is 5.91 Å². The molecule has 0 radical (unpaired) electrons. The van der Waals surface area contributed by atoms with Crippen LogP contribution in [0, 0.1) is 0 Å². The Balaban J connectivity index is 2.45. The average Bonchev–Trinajstić information content (AvgIpc) is 2.99. The molecule has 0 aliphatic rings. The Kier molecular flexibility index (Phi) is 5.21. The molecule has 0 atom stereocenters. The summed E-state index contributed by atoms with van der Waals surface area (Å²) in [5, 5.41) is 0.748. The number of carbonyl (C=O) groups excluding carboxylic acids is 2. The number of likely N-dealkylation sites (N-methyl/N-ethyl adjacent to an activating group) is 1. The molecular formula is C18H21NO4. The minimum atomic E-state index is -0.155. The molecule has 0 aliphatic heterocycles. The number of nitrogens with zero attached hydrogens (tertiary/aromatic N) is 1. The number of methoxy groups -OCH3 is 1. The zero-order valence-electron chi connectivity index (χ0n) is 13.9. The summed E-state index contributed by atoms with van der Waals surface area (Å²) in [7, 11) is 1.55. The molecular weight excluding hydrogens is 294 g/mol. The van der Waals surface area contributed by atoms with Gasteiger partial charge >= 0.3 is 0 Å². The molecule has 23 heavy (non-hydrogen) atoms. The molecule has 5 heteroatoms. The minimum Gasteiger partial charge on any atom is -0.493 e. The fourth-order valence-electron chi connectivity index (χ4n) is 2.40. The van der Waals surface area contributed by atoms with Crippen molar-refractivity contribution >= 4 is 28.7 Å². The van der Waals surface area contributed by atoms with Crippen LogP contribution < -0.4 is 4.74 Å². The normalized spacial score (nSPS) is 11.1. The topological polar surface area (TPSA) is 59.8 Å². The number of ether oxygens (including phenoxy) is 1. The van der Waals surface area contributed by atoms with E-state index in [4.69, 9.17) is 9.15 Å². The van der Waals surface area contributed by atoms with Crippen LogP contribution in [0.15, 0.2) is 28.7 Å². The largest absolute Gasteiger partial charge is 0.493 e. The molecule has 0 saturated heterocycles. The first-order valence-corrected chi connectivity index (χ1v) is 7.60. The van der Waals surface area contributed by atoms with Gasteiger partial charge in [0.1, 0.15) is 0 Å². The van der Waals surface area contributed by atoms with E-state index in [1.807, 2.05) is 19.9 Å². The Morgan fingerprint density at radius 2 is 1.96 bits per heavy atom. The number of benzene rings is 1. The summed E-state index contributed by atoms with van der Waals surface area (Å²) < 4.78 is 10.9. The maximum Gasteiger partial charge on any atom is 0.246 e. The lowest BCUT2D eigenvalue weighted by Crippen LogP contribution is -2.28. The average molecular weight is 315 g/mol. The smallest absolute Gasteiger partial charge is 0.246 e. The Hall–Kier alpha value is -2.56. The SMILES string of the molecule is CCN(CC)C(=O)/C=C/c1ccc(OC)c2oc(C(C)=O)cc12. The second-order valence-electron chi connectivity index (χ2n) is 5.11. The number of fused-ring (bicyclic) bond motifs is 1. The van der Waals surface area contributed by atoms with Crippen LogP contribution in [0.3, 0.4) is 0 Å². The molecule has 1 aromatic heterocycles. The number of ketones is 1. The van der Waals surface area contributed by atoms with Gasteiger partial charge in [-0.05, 0) is 37.6 Å². The van der Waals surface area contributed by atoms with E-state index >= 15 is 0 Å². The molecule has 0 bridgehead atoms. The molecule has 122 valence electrons. The van der Waals surface area contributed by atoms with E-state index in [1.54, 1.807) is 30.2 Å². The fourth-order valence-corrected chi connectivity index (χ4v) is 2.40. The van der Waals surface area contributed by atoms with Crippen LogP contribution in [0.5, 0.6) is 5.75 Å². The van der Waals surface area contributed by atoms with Crippen molar-refractivity contribution in [3.8, 4) is 5.75 Å². The molecule has 5 nitrogen and oxygen atoms in total. The number of furan rings is 1. The molecule has 1 aromatic carbocycles. The number of amides is 1. The maximum absolute atomic E-state index is 12.1. The van der Waals surface area contributed by atoms with E-state index in [9.17, 15) is 9.59 Å². The van der Waals surface area contributed by atoms with Crippen LogP contribution in [0.25, 0.3) is 17.0 Å². The lowest BCUT2D eigenvalue weighted by molar-refractivity contribution is -0.125. The third-order valence-electron chi connectivity index (χ3n) is 3.73. The van der Waals surface area contributed by atoms with Gasteiger partial charge in [-0.25, -0.2) is 0 Å². The van der Waals surface area contributed by atoms with E-state index in [2.05, 4.69) is 0 Å². The van der Waals surface area contributed by atoms with Gasteiger partial charge in [-0.2, -0.15) is 0 Å². The van der Waals surface area contributed by atoms with Crippen LogP contribution in [-0.4, -0.2) is 36.8 Å². The lowest BCUT2D eigenvalue weighted by atomic mass is 10.1. The van der Waals surface area contributed by atoms with Crippen LogP contribution in [0.4, 0.5) is 0 Å². The van der Waals surface area contributed by atoms with Gasteiger partial charge in [0, 0.05) is 31.5 Å². The Morgan fingerprint density at radius 3 is 2.52 bits per heavy atom. The summed E-state index contributed by atoms with van der Waals surface area (Å²) in [5.41, 5.74) is 1.31. The summed E-state index contributed by atoms with van der Waals surface area (Å²) in [4.78, 5) is 25.4. The molecule has 1 heterocycles. The van der Waals surface area contributed by atoms with Gasteiger partial charge in [-0.1, -0.05) is 6.07 Å². The van der Waals surface area contributed by atoms with Crippen LogP contribution in [0.1, 0.15) is 36.9 Å². The predicted molar refractivity (Wildman–Crippen MR) is 89.7 cm³/mol. The molecule has 0 N–H and O–H groups in total. The minimum absolute atomic E-state index is 0.0470. The Morgan fingerprint density at radius 1 is 1.26 bits per heavy atom. The van der Waals surface area contributed by atoms with Crippen molar-refractivity contribution in [2.75, 3.05) is 20.2 Å². The molecule has 0 aliphatic carbocycles. The number of rotatable bonds is 6. The van der Waals surface area contributed by atoms with E-state index in [1.165, 1.54) is 13.0 Å². The molecule has 0 spiro atoms. The van der Waals surface area contributed by atoms with Gasteiger partial charge < -0.3 is 14.1 Å². The summed E-state index contributed by atoms with van der Waals surface area (Å²) in [6.07, 6.45) is 3.27. The van der Waals surface area contributed by atoms with Gasteiger partial charge in [0.25, 0.3) is 0 Å². The standard InChI is InChI=1S/C18H21NO4/c1-5-19(6-2)17(21)10-8-13-7-9-15(22-4)18-14(13)11-16(23-18)12(3)20/h7-11H,5-6H2,1-4H3/b10-8+. The lowest BCUT2D eigenvalue weighted by Gasteiger charge is -2.15. The highest BCUT2D eigenvalue weighted by molar-refractivity contribution is 6.01. The van der Waals surface area contributed by atoms with Gasteiger partial charge in [-0.3, -0.25) is 9.59 Å². The van der Waals surface area contributed by atoms with Crippen molar-refractivity contribution < 1.29 is 18.7 Å². The Bertz CT molecular complexity index is 754. The van der Waals surface area contributed by atoms with Gasteiger partial charge in [0.05, 0.1) is 7.11 Å². The van der Waals surface area contributed by atoms with Gasteiger partial charge in [-0.15, -0.1) is 0 Å². The second-order valence-corrected chi connectivity index (χ2v) is 5.11. The molecule has 2 rings (SSSR count). The highest BCUT2D eigenvalue weighted by Crippen LogP contribution is 2.32. The molecule has 1 amide bonds. The van der Waals surface area contributed by atoms with Crippen LogP contribution in [0.2, 0.25) is 0 Å². The van der Waals surface area contributed by atoms with Crippen LogP contribution >= 0.6 is 0 Å². The van der Waals surface area contributed by atoms with Gasteiger partial charge in [0.15, 0.2) is 22.9 Å². The van der Waals surface area contributed by atoms with E-state index in [0.29, 0.717) is 24.4 Å². The zero-order chi connectivity index (χ0) is 17.0. The highest BCUT2D eigenvalue weighted by atomic mass is 16.5. The predicted octanol–water partition coefficient (Wildman–Crippen LogP) is 3.53. The van der Waals surface area contributed by atoms with Crippen molar-refractivity contribution in [1.82, 2.24) is 4.90 Å². The third-order valence-corrected chi connectivity index (χ3v) is 3.73. The molecule has 0 fully saturated rings. The summed E-state index contributed by atoms with van der Waals surface area (Å²) in [6, 6.07) is 5.28. The number of hydrogen-bond acceptors (Lipinski definition) is 4. The van der Waals surface area contributed by atoms with Crippen molar-refractivity contribution in [3.63, 3.8) is 0 Å². The molecule has 0 unspecified atom stereocenters. The maximum atomic E-state index is 12.1. The molecule has 0 saturated carbocycles. The second kappa shape index (κ2) is 7.13. The van der Waals surface area contributed by atoms with Crippen molar-refractivity contribution in [3.05, 3.63) is 35.6 Å². The van der Waals surface area contributed by atoms with Crippen molar-refractivity contribution in [1.29, 1.82) is 0 Å². The number of hydrogen-bond donors (Lipinski definition) is 0. The fraction of sp³-hybridized carbons (Fsp3) is 0.333. The van der Waals surface area contributed by atoms with E-state index in [-0.39, 0.29) is 17.5 Å². The number of Topliss-reactive ketones (excluding diaryl/α,β-unsaturated/α-hetero) is 1. The zero-order valence-corrected chi connectivity index (χ0v) is 13.9. The first-order chi connectivity index (χ1) is 11.0. The summed E-state index contributed by atoms with van der Waals surface area (Å²) >= 11 is 0. The van der Waals surface area contributed by atoms with E-state index in [0.717, 1.165) is 10.9 Å². The Labute approximate surface area is 135 Å². The quantitative estimate of drug-likeness (QED) is 0.604. The van der Waals surface area contributed by atoms with Crippen molar-refractivity contribution in [2.45, 2.75) is 20.8 Å². The highest BCUT2D eigenvalue weighted by Gasteiger charge is 2.14. The van der Waals surface area contributed by atoms with Crippen LogP contribution in [-0.2, 0) is 4.79 Å².